The van der Waals surface area contributed by atoms with Gasteiger partial charge >= 0.3 is 0 Å². The number of H-pyrrole nitrogens is 1. The maximum absolute atomic E-state index is 4.15. The summed E-state index contributed by atoms with van der Waals surface area (Å²) in [7, 11) is 0. The predicted molar refractivity (Wildman–Crippen MR) is 58.2 cm³/mol. The lowest BCUT2D eigenvalue weighted by Gasteiger charge is -2.26. The number of nitrogens with zero attached hydrogens (tertiary/aromatic N) is 1. The summed E-state index contributed by atoms with van der Waals surface area (Å²) >= 11 is 0. The first kappa shape index (κ1) is 9.56. The van der Waals surface area contributed by atoms with Crippen molar-refractivity contribution in [3.63, 3.8) is 0 Å². The first-order chi connectivity index (χ1) is 6.84. The zero-order valence-corrected chi connectivity index (χ0v) is 8.79. The first-order valence-electron chi connectivity index (χ1n) is 5.58. The third-order valence-electron chi connectivity index (χ3n) is 3.19. The molecule has 1 aromatic heterocycles. The van der Waals surface area contributed by atoms with Gasteiger partial charge in [0, 0.05) is 18.9 Å². The van der Waals surface area contributed by atoms with E-state index in [2.05, 4.69) is 22.2 Å². The minimum Gasteiger partial charge on any atom is -0.356 e. The zero-order chi connectivity index (χ0) is 9.80. The summed E-state index contributed by atoms with van der Waals surface area (Å²) in [5.41, 5.74) is 0. The van der Waals surface area contributed by atoms with Crippen molar-refractivity contribution >= 4 is 5.95 Å². The van der Waals surface area contributed by atoms with Crippen LogP contribution in [0.15, 0.2) is 12.4 Å². The molecule has 2 rings (SSSR count). The molecule has 0 aliphatic heterocycles. The molecule has 0 unspecified atom stereocenters. The Bertz CT molecular complexity index is 248. The van der Waals surface area contributed by atoms with Gasteiger partial charge in [-0.3, -0.25) is 0 Å². The molecule has 1 saturated carbocycles. The van der Waals surface area contributed by atoms with Gasteiger partial charge in [-0.15, -0.1) is 0 Å². The molecule has 0 radical (unpaired) electrons. The molecule has 14 heavy (non-hydrogen) atoms. The van der Waals surface area contributed by atoms with Crippen LogP contribution in [0.1, 0.15) is 32.6 Å². The number of rotatable bonds is 3. The molecule has 78 valence electrons. The van der Waals surface area contributed by atoms with Gasteiger partial charge in [-0.25, -0.2) is 4.98 Å². The molecule has 0 spiro atoms. The van der Waals surface area contributed by atoms with Crippen LogP contribution in [0, 0.1) is 11.8 Å². The van der Waals surface area contributed by atoms with Crippen LogP contribution in [-0.4, -0.2) is 16.5 Å². The number of anilines is 1. The quantitative estimate of drug-likeness (QED) is 0.774. The molecule has 0 saturated heterocycles. The molecule has 1 heterocycles. The molecular formula is C11H19N3. The van der Waals surface area contributed by atoms with Crippen molar-refractivity contribution in [2.45, 2.75) is 32.6 Å². The lowest BCUT2D eigenvalue weighted by atomic mass is 9.83. The van der Waals surface area contributed by atoms with Gasteiger partial charge in [0.1, 0.15) is 0 Å². The summed E-state index contributed by atoms with van der Waals surface area (Å²) < 4.78 is 0. The molecule has 3 heteroatoms. The third kappa shape index (κ3) is 2.50. The fourth-order valence-electron chi connectivity index (χ4n) is 2.14. The first-order valence-corrected chi connectivity index (χ1v) is 5.58. The van der Waals surface area contributed by atoms with Gasteiger partial charge in [0.25, 0.3) is 0 Å². The Kier molecular flexibility index (Phi) is 3.07. The third-order valence-corrected chi connectivity index (χ3v) is 3.19. The highest BCUT2D eigenvalue weighted by Gasteiger charge is 2.17. The molecule has 1 fully saturated rings. The summed E-state index contributed by atoms with van der Waals surface area (Å²) in [6.45, 7) is 3.43. The molecule has 1 aliphatic carbocycles. The average Bonchev–Trinajstić information content (AvgIpc) is 2.70. The monoisotopic (exact) mass is 193 g/mol. The summed E-state index contributed by atoms with van der Waals surface area (Å²) in [5.74, 6) is 2.69. The van der Waals surface area contributed by atoms with E-state index < -0.39 is 0 Å². The Hall–Kier alpha value is -0.990. The molecule has 1 aliphatic rings. The van der Waals surface area contributed by atoms with Crippen LogP contribution in [-0.2, 0) is 0 Å². The predicted octanol–water partition coefficient (Wildman–Crippen LogP) is 2.65. The van der Waals surface area contributed by atoms with E-state index in [0.717, 1.165) is 24.3 Å². The van der Waals surface area contributed by atoms with Crippen LogP contribution in [0.2, 0.25) is 0 Å². The number of aromatic amines is 1. The highest BCUT2D eigenvalue weighted by Crippen LogP contribution is 2.28. The molecule has 0 atom stereocenters. The number of hydrogen-bond donors (Lipinski definition) is 2. The SMILES string of the molecule is CC1CCC(CNc2ncc[nH]2)CC1. The van der Waals surface area contributed by atoms with Crippen LogP contribution >= 0.6 is 0 Å². The number of hydrogen-bond acceptors (Lipinski definition) is 2. The Morgan fingerprint density at radius 3 is 2.86 bits per heavy atom. The normalized spacial score (nSPS) is 27.5. The van der Waals surface area contributed by atoms with Gasteiger partial charge in [-0.05, 0) is 24.7 Å². The molecule has 0 bridgehead atoms. The zero-order valence-electron chi connectivity index (χ0n) is 8.79. The van der Waals surface area contributed by atoms with E-state index in [0.29, 0.717) is 0 Å². The minimum atomic E-state index is 0.844. The van der Waals surface area contributed by atoms with Crippen molar-refractivity contribution in [2.24, 2.45) is 11.8 Å². The van der Waals surface area contributed by atoms with Gasteiger partial charge in [-0.1, -0.05) is 19.8 Å². The molecule has 0 aromatic carbocycles. The van der Waals surface area contributed by atoms with E-state index >= 15 is 0 Å². The Balaban J connectivity index is 1.71. The Morgan fingerprint density at radius 1 is 1.43 bits per heavy atom. The van der Waals surface area contributed by atoms with Crippen LogP contribution in [0.3, 0.4) is 0 Å². The summed E-state index contributed by atoms with van der Waals surface area (Å²) in [6, 6.07) is 0. The topological polar surface area (TPSA) is 40.7 Å². The van der Waals surface area contributed by atoms with E-state index in [4.69, 9.17) is 0 Å². The second kappa shape index (κ2) is 4.49. The fourth-order valence-corrected chi connectivity index (χ4v) is 2.14. The van der Waals surface area contributed by atoms with Gasteiger partial charge in [-0.2, -0.15) is 0 Å². The second-order valence-electron chi connectivity index (χ2n) is 4.44. The standard InChI is InChI=1S/C11H19N3/c1-9-2-4-10(5-3-9)8-14-11-12-6-7-13-11/h6-7,9-10H,2-5,8H2,1H3,(H2,12,13,14). The van der Waals surface area contributed by atoms with Crippen molar-refractivity contribution < 1.29 is 0 Å². The van der Waals surface area contributed by atoms with Crippen molar-refractivity contribution in [2.75, 3.05) is 11.9 Å². The Morgan fingerprint density at radius 2 is 2.21 bits per heavy atom. The molecule has 3 nitrogen and oxygen atoms in total. The molecule has 0 amide bonds. The van der Waals surface area contributed by atoms with Gasteiger partial charge < -0.3 is 10.3 Å². The van der Waals surface area contributed by atoms with Gasteiger partial charge in [0.15, 0.2) is 5.95 Å². The maximum Gasteiger partial charge on any atom is 0.200 e. The highest BCUT2D eigenvalue weighted by atomic mass is 15.1. The molecule has 1 aromatic rings. The van der Waals surface area contributed by atoms with Crippen LogP contribution < -0.4 is 5.32 Å². The largest absolute Gasteiger partial charge is 0.356 e. The van der Waals surface area contributed by atoms with E-state index in [-0.39, 0.29) is 0 Å². The van der Waals surface area contributed by atoms with Crippen molar-refractivity contribution in [1.82, 2.24) is 9.97 Å². The van der Waals surface area contributed by atoms with Crippen LogP contribution in [0.25, 0.3) is 0 Å². The minimum absolute atomic E-state index is 0.844. The van der Waals surface area contributed by atoms with Gasteiger partial charge in [0.05, 0.1) is 0 Å². The van der Waals surface area contributed by atoms with Crippen LogP contribution in [0.5, 0.6) is 0 Å². The summed E-state index contributed by atoms with van der Waals surface area (Å²) in [5, 5.41) is 3.34. The van der Waals surface area contributed by atoms with Crippen molar-refractivity contribution in [3.8, 4) is 0 Å². The lowest BCUT2D eigenvalue weighted by molar-refractivity contribution is 0.300. The van der Waals surface area contributed by atoms with Crippen molar-refractivity contribution in [1.29, 1.82) is 0 Å². The number of nitrogens with one attached hydrogen (secondary N) is 2. The molecular weight excluding hydrogens is 174 g/mol. The van der Waals surface area contributed by atoms with E-state index in [1.54, 1.807) is 6.20 Å². The average molecular weight is 193 g/mol. The number of imidazole rings is 1. The smallest absolute Gasteiger partial charge is 0.200 e. The van der Waals surface area contributed by atoms with Crippen LogP contribution in [0.4, 0.5) is 5.95 Å². The molecule has 2 N–H and O–H groups in total. The van der Waals surface area contributed by atoms with E-state index in [1.807, 2.05) is 6.20 Å². The van der Waals surface area contributed by atoms with Gasteiger partial charge in [0.2, 0.25) is 0 Å². The van der Waals surface area contributed by atoms with Crippen molar-refractivity contribution in [3.05, 3.63) is 12.4 Å². The lowest BCUT2D eigenvalue weighted by Crippen LogP contribution is -2.20. The summed E-state index contributed by atoms with van der Waals surface area (Å²) in [4.78, 5) is 7.21. The van der Waals surface area contributed by atoms with E-state index in [9.17, 15) is 0 Å². The number of aromatic nitrogens is 2. The summed E-state index contributed by atoms with van der Waals surface area (Å²) in [6.07, 6.45) is 9.16. The second-order valence-corrected chi connectivity index (χ2v) is 4.44. The maximum atomic E-state index is 4.15. The highest BCUT2D eigenvalue weighted by molar-refractivity contribution is 5.22. The Labute approximate surface area is 85.3 Å². The van der Waals surface area contributed by atoms with E-state index in [1.165, 1.54) is 25.7 Å². The fraction of sp³-hybridized carbons (Fsp3) is 0.727.